The number of halogens is 3. The molecule has 0 radical (unpaired) electrons. The van der Waals surface area contributed by atoms with E-state index in [1.54, 1.807) is 31.2 Å². The van der Waals surface area contributed by atoms with E-state index >= 15 is 0 Å². The SMILES string of the molecule is Cc1cc2nc(C(F)(F)F)cc(Nc3ccccc3)n2n1. The van der Waals surface area contributed by atoms with Crippen LogP contribution in [0.15, 0.2) is 42.5 Å². The zero-order valence-electron chi connectivity index (χ0n) is 11.0. The van der Waals surface area contributed by atoms with Crippen molar-refractivity contribution < 1.29 is 13.2 Å². The number of nitrogens with zero attached hydrogens (tertiary/aromatic N) is 3. The molecule has 7 heteroatoms. The van der Waals surface area contributed by atoms with E-state index in [9.17, 15) is 13.2 Å². The summed E-state index contributed by atoms with van der Waals surface area (Å²) < 4.78 is 40.1. The second kappa shape index (κ2) is 4.76. The van der Waals surface area contributed by atoms with Crippen LogP contribution in [0.25, 0.3) is 5.65 Å². The number of nitrogens with one attached hydrogen (secondary N) is 1. The number of hydrogen-bond acceptors (Lipinski definition) is 3. The van der Waals surface area contributed by atoms with Gasteiger partial charge in [0.05, 0.1) is 5.69 Å². The summed E-state index contributed by atoms with van der Waals surface area (Å²) in [5, 5.41) is 7.09. The van der Waals surface area contributed by atoms with Crippen LogP contribution in [-0.4, -0.2) is 14.6 Å². The van der Waals surface area contributed by atoms with Crippen molar-refractivity contribution in [2.75, 3.05) is 5.32 Å². The van der Waals surface area contributed by atoms with Gasteiger partial charge in [-0.05, 0) is 19.1 Å². The Kier molecular flexibility index (Phi) is 3.04. The Morgan fingerprint density at radius 3 is 2.48 bits per heavy atom. The Balaban J connectivity index is 2.15. The van der Waals surface area contributed by atoms with Gasteiger partial charge in [0, 0.05) is 17.8 Å². The Morgan fingerprint density at radius 1 is 1.10 bits per heavy atom. The molecule has 0 aliphatic heterocycles. The van der Waals surface area contributed by atoms with Crippen molar-refractivity contribution >= 4 is 17.2 Å². The molecule has 4 nitrogen and oxygen atoms in total. The lowest BCUT2D eigenvalue weighted by Gasteiger charge is -2.12. The predicted octanol–water partition coefficient (Wildman–Crippen LogP) is 3.80. The number of fused-ring (bicyclic) bond motifs is 1. The maximum Gasteiger partial charge on any atom is 0.433 e. The van der Waals surface area contributed by atoms with Crippen LogP contribution >= 0.6 is 0 Å². The number of anilines is 2. The van der Waals surface area contributed by atoms with Crippen molar-refractivity contribution in [3.63, 3.8) is 0 Å². The van der Waals surface area contributed by atoms with E-state index in [-0.39, 0.29) is 11.5 Å². The third-order valence-corrected chi connectivity index (χ3v) is 2.89. The van der Waals surface area contributed by atoms with Gasteiger partial charge >= 0.3 is 6.18 Å². The lowest BCUT2D eigenvalue weighted by atomic mass is 10.3. The normalized spacial score (nSPS) is 11.8. The standard InChI is InChI=1S/C14H11F3N4/c1-9-7-12-19-11(14(15,16)17)8-13(21(12)20-9)18-10-5-3-2-4-6-10/h2-8,18H,1H3. The van der Waals surface area contributed by atoms with E-state index < -0.39 is 11.9 Å². The monoisotopic (exact) mass is 292 g/mol. The lowest BCUT2D eigenvalue weighted by Crippen LogP contribution is -2.11. The van der Waals surface area contributed by atoms with Crippen LogP contribution in [0, 0.1) is 6.92 Å². The van der Waals surface area contributed by atoms with E-state index in [0.717, 1.165) is 6.07 Å². The van der Waals surface area contributed by atoms with Gasteiger partial charge in [-0.3, -0.25) is 0 Å². The van der Waals surface area contributed by atoms with Crippen molar-refractivity contribution in [2.24, 2.45) is 0 Å². The summed E-state index contributed by atoms with van der Waals surface area (Å²) in [6.07, 6.45) is -4.51. The Bertz CT molecular complexity index is 778. The van der Waals surface area contributed by atoms with Crippen molar-refractivity contribution in [3.8, 4) is 0 Å². The van der Waals surface area contributed by atoms with Gasteiger partial charge in [-0.1, -0.05) is 18.2 Å². The Morgan fingerprint density at radius 2 is 1.81 bits per heavy atom. The van der Waals surface area contributed by atoms with Crippen molar-refractivity contribution in [1.29, 1.82) is 0 Å². The molecule has 1 aromatic carbocycles. The molecule has 21 heavy (non-hydrogen) atoms. The summed E-state index contributed by atoms with van der Waals surface area (Å²) in [4.78, 5) is 3.61. The van der Waals surface area contributed by atoms with Gasteiger partial charge in [-0.25, -0.2) is 4.98 Å². The van der Waals surface area contributed by atoms with Crippen LogP contribution < -0.4 is 5.32 Å². The Labute approximate surface area is 118 Å². The van der Waals surface area contributed by atoms with Crippen LogP contribution in [0.2, 0.25) is 0 Å². The molecular formula is C14H11F3N4. The van der Waals surface area contributed by atoms with Gasteiger partial charge in [-0.2, -0.15) is 22.8 Å². The third-order valence-electron chi connectivity index (χ3n) is 2.89. The van der Waals surface area contributed by atoms with Gasteiger partial charge in [-0.15, -0.1) is 0 Å². The molecule has 1 N–H and O–H groups in total. The maximum absolute atomic E-state index is 12.9. The van der Waals surface area contributed by atoms with Crippen molar-refractivity contribution in [3.05, 3.63) is 53.9 Å². The average molecular weight is 292 g/mol. The number of aryl methyl sites for hydroxylation is 1. The summed E-state index contributed by atoms with van der Waals surface area (Å²) in [7, 11) is 0. The molecule has 0 amide bonds. The third kappa shape index (κ3) is 2.67. The van der Waals surface area contributed by atoms with Crippen LogP contribution in [-0.2, 0) is 6.18 Å². The first-order chi connectivity index (χ1) is 9.93. The highest BCUT2D eigenvalue weighted by Gasteiger charge is 2.33. The molecule has 0 fully saturated rings. The summed E-state index contributed by atoms with van der Waals surface area (Å²) in [5.74, 6) is 0.214. The van der Waals surface area contributed by atoms with Gasteiger partial charge in [0.25, 0.3) is 0 Å². The molecular weight excluding hydrogens is 281 g/mol. The molecule has 108 valence electrons. The van der Waals surface area contributed by atoms with Crippen LogP contribution in [0.1, 0.15) is 11.4 Å². The predicted molar refractivity (Wildman–Crippen MR) is 72.5 cm³/mol. The number of alkyl halides is 3. The zero-order chi connectivity index (χ0) is 15.0. The number of hydrogen-bond donors (Lipinski definition) is 1. The zero-order valence-corrected chi connectivity index (χ0v) is 11.0. The van der Waals surface area contributed by atoms with Gasteiger partial charge in [0.2, 0.25) is 0 Å². The van der Waals surface area contributed by atoms with Crippen molar-refractivity contribution in [1.82, 2.24) is 14.6 Å². The molecule has 0 saturated carbocycles. The van der Waals surface area contributed by atoms with Gasteiger partial charge in [0.1, 0.15) is 5.82 Å². The highest BCUT2D eigenvalue weighted by atomic mass is 19.4. The number of benzene rings is 1. The number of para-hydroxylation sites is 1. The largest absolute Gasteiger partial charge is 0.433 e. The fraction of sp³-hybridized carbons (Fsp3) is 0.143. The first kappa shape index (κ1) is 13.4. The minimum absolute atomic E-state index is 0.153. The first-order valence-corrected chi connectivity index (χ1v) is 6.20. The molecule has 0 aliphatic rings. The molecule has 3 aromatic rings. The van der Waals surface area contributed by atoms with E-state index in [0.29, 0.717) is 11.4 Å². The molecule has 0 aliphatic carbocycles. The highest BCUT2D eigenvalue weighted by molar-refractivity contribution is 5.60. The maximum atomic E-state index is 12.9. The first-order valence-electron chi connectivity index (χ1n) is 6.20. The summed E-state index contributed by atoms with van der Waals surface area (Å²) in [5.41, 5.74) is 0.471. The smallest absolute Gasteiger partial charge is 0.340 e. The summed E-state index contributed by atoms with van der Waals surface area (Å²) in [6.45, 7) is 1.70. The van der Waals surface area contributed by atoms with Crippen LogP contribution in [0.5, 0.6) is 0 Å². The molecule has 0 unspecified atom stereocenters. The minimum Gasteiger partial charge on any atom is -0.340 e. The lowest BCUT2D eigenvalue weighted by molar-refractivity contribution is -0.141. The van der Waals surface area contributed by atoms with E-state index in [1.807, 2.05) is 6.07 Å². The van der Waals surface area contributed by atoms with Gasteiger partial charge in [0.15, 0.2) is 11.3 Å². The quantitative estimate of drug-likeness (QED) is 0.781. The fourth-order valence-corrected chi connectivity index (χ4v) is 1.99. The van der Waals surface area contributed by atoms with Crippen molar-refractivity contribution in [2.45, 2.75) is 13.1 Å². The Hall–Kier alpha value is -2.57. The summed E-state index contributed by atoms with van der Waals surface area (Å²) >= 11 is 0. The number of rotatable bonds is 2. The molecule has 2 aromatic heterocycles. The molecule has 2 heterocycles. The number of aromatic nitrogens is 3. The molecule has 0 bridgehead atoms. The molecule has 0 spiro atoms. The second-order valence-corrected chi connectivity index (χ2v) is 4.57. The van der Waals surface area contributed by atoms with E-state index in [1.165, 1.54) is 10.6 Å². The molecule has 3 rings (SSSR count). The average Bonchev–Trinajstić information content (AvgIpc) is 2.79. The van der Waals surface area contributed by atoms with Gasteiger partial charge < -0.3 is 5.32 Å². The molecule has 0 saturated heterocycles. The van der Waals surface area contributed by atoms with E-state index in [4.69, 9.17) is 0 Å². The second-order valence-electron chi connectivity index (χ2n) is 4.57. The van der Waals surface area contributed by atoms with E-state index in [2.05, 4.69) is 15.4 Å². The fourth-order valence-electron chi connectivity index (χ4n) is 1.99. The minimum atomic E-state index is -4.51. The highest BCUT2D eigenvalue weighted by Crippen LogP contribution is 2.30. The van der Waals surface area contributed by atoms with Crippen LogP contribution in [0.4, 0.5) is 24.7 Å². The topological polar surface area (TPSA) is 42.2 Å². The summed E-state index contributed by atoms with van der Waals surface area (Å²) in [6, 6.07) is 11.4. The molecule has 0 atom stereocenters. The van der Waals surface area contributed by atoms with Crippen LogP contribution in [0.3, 0.4) is 0 Å².